The molecule has 5 heteroatoms. The van der Waals surface area contributed by atoms with E-state index in [2.05, 4.69) is 19.2 Å². The highest BCUT2D eigenvalue weighted by atomic mass is 16.5. The van der Waals surface area contributed by atoms with Crippen molar-refractivity contribution >= 4 is 12.1 Å². The summed E-state index contributed by atoms with van der Waals surface area (Å²) in [7, 11) is 0. The van der Waals surface area contributed by atoms with E-state index in [1.54, 1.807) is 0 Å². The Kier molecular flexibility index (Phi) is 4.28. The van der Waals surface area contributed by atoms with Crippen molar-refractivity contribution in [1.82, 2.24) is 5.32 Å². The van der Waals surface area contributed by atoms with Crippen molar-refractivity contribution in [3.05, 3.63) is 35.9 Å². The standard InChI is InChI=1S/C19H25NO4/c1-3-13(2)18-10-19(11-18,12-18)15(16(21)22)20-17(23)24-9-14-7-5-4-6-8-14/h4-8,13,15H,3,9-12H2,1-2H3,(H,20,23)(H,21,22). The lowest BCUT2D eigenvalue weighted by molar-refractivity contribution is -0.248. The van der Waals surface area contributed by atoms with E-state index in [-0.39, 0.29) is 12.0 Å². The summed E-state index contributed by atoms with van der Waals surface area (Å²) in [5.41, 5.74) is 0.903. The number of rotatable bonds is 7. The number of carbonyl (C=O) groups excluding carboxylic acids is 1. The number of benzene rings is 1. The predicted octanol–water partition coefficient (Wildman–Crippen LogP) is 3.58. The van der Waals surface area contributed by atoms with Crippen LogP contribution in [0.5, 0.6) is 0 Å². The number of carboxylic acids is 1. The lowest BCUT2D eigenvalue weighted by atomic mass is 9.30. The van der Waals surface area contributed by atoms with E-state index in [4.69, 9.17) is 4.74 Å². The predicted molar refractivity (Wildman–Crippen MR) is 89.4 cm³/mol. The van der Waals surface area contributed by atoms with E-state index in [9.17, 15) is 14.7 Å². The topological polar surface area (TPSA) is 75.6 Å². The first-order chi connectivity index (χ1) is 11.4. The number of carbonyl (C=O) groups is 2. The molecule has 3 aliphatic carbocycles. The second-order valence-corrected chi connectivity index (χ2v) is 7.54. The Labute approximate surface area is 142 Å². The lowest BCUT2D eigenvalue weighted by Crippen LogP contribution is -2.73. The van der Waals surface area contributed by atoms with Gasteiger partial charge in [-0.15, -0.1) is 0 Å². The van der Waals surface area contributed by atoms with Gasteiger partial charge in [-0.05, 0) is 36.2 Å². The van der Waals surface area contributed by atoms with Gasteiger partial charge in [-0.2, -0.15) is 0 Å². The van der Waals surface area contributed by atoms with Crippen LogP contribution in [-0.2, 0) is 16.1 Å². The van der Waals surface area contributed by atoms with Gasteiger partial charge in [-0.1, -0.05) is 50.6 Å². The van der Waals surface area contributed by atoms with Crippen LogP contribution in [0.25, 0.3) is 0 Å². The highest BCUT2D eigenvalue weighted by Crippen LogP contribution is 2.77. The summed E-state index contributed by atoms with van der Waals surface area (Å²) in [6.07, 6.45) is 3.13. The van der Waals surface area contributed by atoms with E-state index >= 15 is 0 Å². The SMILES string of the molecule is CCC(C)C12CC(C(NC(=O)OCc3ccccc3)C(=O)O)(C1)C2. The Bertz CT molecular complexity index is 608. The van der Waals surface area contributed by atoms with Crippen LogP contribution < -0.4 is 5.32 Å². The number of nitrogens with one attached hydrogen (secondary N) is 1. The molecule has 0 heterocycles. The van der Waals surface area contributed by atoms with Gasteiger partial charge < -0.3 is 15.2 Å². The number of hydrogen-bond donors (Lipinski definition) is 2. The molecule has 2 N–H and O–H groups in total. The fourth-order valence-corrected chi connectivity index (χ4v) is 4.57. The molecule has 3 aliphatic rings. The van der Waals surface area contributed by atoms with E-state index in [0.717, 1.165) is 31.2 Å². The second kappa shape index (κ2) is 6.11. The Hall–Kier alpha value is -2.04. The Balaban J connectivity index is 1.55. The zero-order valence-corrected chi connectivity index (χ0v) is 14.2. The Morgan fingerprint density at radius 3 is 2.38 bits per heavy atom. The fourth-order valence-electron chi connectivity index (χ4n) is 4.57. The summed E-state index contributed by atoms with van der Waals surface area (Å²) in [4.78, 5) is 23.7. The second-order valence-electron chi connectivity index (χ2n) is 7.54. The molecule has 130 valence electrons. The maximum Gasteiger partial charge on any atom is 0.408 e. The summed E-state index contributed by atoms with van der Waals surface area (Å²) in [5, 5.41) is 12.1. The molecule has 0 aliphatic heterocycles. The van der Waals surface area contributed by atoms with E-state index < -0.39 is 18.1 Å². The zero-order valence-electron chi connectivity index (χ0n) is 14.2. The number of hydrogen-bond acceptors (Lipinski definition) is 3. The highest BCUT2D eigenvalue weighted by Gasteiger charge is 2.73. The number of amides is 1. The fraction of sp³-hybridized carbons (Fsp3) is 0.579. The van der Waals surface area contributed by atoms with Crippen LogP contribution in [-0.4, -0.2) is 23.2 Å². The van der Waals surface area contributed by atoms with Crippen molar-refractivity contribution in [3.8, 4) is 0 Å². The normalized spacial score (nSPS) is 29.6. The van der Waals surface area contributed by atoms with Crippen molar-refractivity contribution in [2.45, 2.75) is 52.2 Å². The number of aliphatic carboxylic acids is 1. The molecule has 0 aromatic heterocycles. The van der Waals surface area contributed by atoms with Crippen molar-refractivity contribution in [2.24, 2.45) is 16.7 Å². The molecule has 2 unspecified atom stereocenters. The molecule has 0 saturated heterocycles. The van der Waals surface area contributed by atoms with Crippen LogP contribution >= 0.6 is 0 Å². The third kappa shape index (κ3) is 2.76. The van der Waals surface area contributed by atoms with Gasteiger partial charge >= 0.3 is 12.1 Å². The molecular formula is C19H25NO4. The van der Waals surface area contributed by atoms with Crippen LogP contribution in [0.4, 0.5) is 4.79 Å². The summed E-state index contributed by atoms with van der Waals surface area (Å²) in [6, 6.07) is 8.49. The average Bonchev–Trinajstić information content (AvgIpc) is 2.50. The van der Waals surface area contributed by atoms with E-state index in [1.807, 2.05) is 30.3 Å². The first-order valence-corrected chi connectivity index (χ1v) is 8.61. The summed E-state index contributed by atoms with van der Waals surface area (Å²) in [5.74, 6) is -0.358. The summed E-state index contributed by atoms with van der Waals surface area (Å²) in [6.45, 7) is 4.55. The van der Waals surface area contributed by atoms with Gasteiger partial charge in [-0.3, -0.25) is 0 Å². The minimum Gasteiger partial charge on any atom is -0.480 e. The first-order valence-electron chi connectivity index (χ1n) is 8.61. The molecule has 5 nitrogen and oxygen atoms in total. The Morgan fingerprint density at radius 1 is 1.21 bits per heavy atom. The summed E-state index contributed by atoms with van der Waals surface area (Å²) < 4.78 is 5.17. The minimum atomic E-state index is -0.968. The molecule has 24 heavy (non-hydrogen) atoms. The van der Waals surface area contributed by atoms with Crippen molar-refractivity contribution < 1.29 is 19.4 Å². The van der Waals surface area contributed by atoms with Crippen molar-refractivity contribution in [3.63, 3.8) is 0 Å². The minimum absolute atomic E-state index is 0.142. The molecule has 1 aromatic rings. The van der Waals surface area contributed by atoms with Gasteiger partial charge in [0.05, 0.1) is 0 Å². The van der Waals surface area contributed by atoms with Crippen LogP contribution in [0.15, 0.2) is 30.3 Å². The average molecular weight is 331 g/mol. The third-order valence-corrected chi connectivity index (χ3v) is 6.10. The highest BCUT2D eigenvalue weighted by molar-refractivity contribution is 5.81. The molecule has 4 rings (SSSR count). The van der Waals surface area contributed by atoms with Crippen LogP contribution in [0.2, 0.25) is 0 Å². The van der Waals surface area contributed by atoms with Crippen LogP contribution in [0.3, 0.4) is 0 Å². The van der Waals surface area contributed by atoms with Gasteiger partial charge in [0.25, 0.3) is 0 Å². The van der Waals surface area contributed by atoms with E-state index in [1.165, 1.54) is 0 Å². The monoisotopic (exact) mass is 331 g/mol. The molecule has 3 fully saturated rings. The smallest absolute Gasteiger partial charge is 0.408 e. The van der Waals surface area contributed by atoms with Gasteiger partial charge in [0.2, 0.25) is 0 Å². The van der Waals surface area contributed by atoms with Gasteiger partial charge in [0.15, 0.2) is 0 Å². The molecule has 2 atom stereocenters. The maximum absolute atomic E-state index is 12.0. The van der Waals surface area contributed by atoms with Gasteiger partial charge in [-0.25, -0.2) is 9.59 Å². The molecule has 3 saturated carbocycles. The lowest BCUT2D eigenvalue weighted by Gasteiger charge is -2.74. The number of carboxylic acid groups (broad SMARTS) is 1. The molecular weight excluding hydrogens is 306 g/mol. The van der Waals surface area contributed by atoms with Gasteiger partial charge in [0, 0.05) is 5.41 Å². The largest absolute Gasteiger partial charge is 0.480 e. The molecule has 2 bridgehead atoms. The van der Waals surface area contributed by atoms with E-state index in [0.29, 0.717) is 11.3 Å². The quantitative estimate of drug-likeness (QED) is 0.801. The van der Waals surface area contributed by atoms with Crippen LogP contribution in [0.1, 0.15) is 45.1 Å². The maximum atomic E-state index is 12.0. The van der Waals surface area contributed by atoms with Crippen molar-refractivity contribution in [2.75, 3.05) is 0 Å². The molecule has 0 spiro atoms. The molecule has 0 radical (unpaired) electrons. The first kappa shape index (κ1) is 16.8. The molecule has 1 aromatic carbocycles. The third-order valence-electron chi connectivity index (χ3n) is 6.10. The van der Waals surface area contributed by atoms with Crippen LogP contribution in [0, 0.1) is 16.7 Å². The summed E-state index contributed by atoms with van der Waals surface area (Å²) >= 11 is 0. The zero-order chi connectivity index (χ0) is 17.4. The molecule has 1 amide bonds. The number of alkyl carbamates (subject to hydrolysis) is 1. The Morgan fingerprint density at radius 2 is 1.83 bits per heavy atom. The van der Waals surface area contributed by atoms with Crippen molar-refractivity contribution in [1.29, 1.82) is 0 Å². The number of ether oxygens (including phenoxy) is 1. The van der Waals surface area contributed by atoms with Gasteiger partial charge in [0.1, 0.15) is 12.6 Å².